The number of benzene rings is 1. The molecule has 26 heavy (non-hydrogen) atoms. The first-order valence-corrected chi connectivity index (χ1v) is 9.49. The van der Waals surface area contributed by atoms with Crippen molar-refractivity contribution in [1.29, 1.82) is 0 Å². The third-order valence-corrected chi connectivity index (χ3v) is 6.09. The molecule has 6 heteroatoms. The Morgan fingerprint density at radius 3 is 2.38 bits per heavy atom. The summed E-state index contributed by atoms with van der Waals surface area (Å²) in [5.74, 6) is 0.712. The Morgan fingerprint density at radius 1 is 1.12 bits per heavy atom. The molecule has 4 rings (SSSR count). The lowest BCUT2D eigenvalue weighted by Gasteiger charge is -2.24. The minimum Gasteiger partial charge on any atom is -0.349 e. The zero-order valence-corrected chi connectivity index (χ0v) is 16.0. The van der Waals surface area contributed by atoms with Gasteiger partial charge in [-0.1, -0.05) is 12.1 Å². The van der Waals surface area contributed by atoms with Crippen LogP contribution in [-0.2, 0) is 9.59 Å². The molecule has 2 saturated carbocycles. The van der Waals surface area contributed by atoms with Crippen molar-refractivity contribution in [2.75, 3.05) is 18.4 Å². The predicted octanol–water partition coefficient (Wildman–Crippen LogP) is 3.02. The van der Waals surface area contributed by atoms with E-state index in [4.69, 9.17) is 0 Å². The molecule has 5 nitrogen and oxygen atoms in total. The molecule has 3 N–H and O–H groups in total. The molecule has 0 radical (unpaired) electrons. The van der Waals surface area contributed by atoms with Crippen LogP contribution < -0.4 is 16.0 Å². The van der Waals surface area contributed by atoms with E-state index in [0.29, 0.717) is 0 Å². The molecule has 1 saturated heterocycles. The topological polar surface area (TPSA) is 70.2 Å². The van der Waals surface area contributed by atoms with E-state index < -0.39 is 0 Å². The molecule has 0 aromatic heterocycles. The summed E-state index contributed by atoms with van der Waals surface area (Å²) >= 11 is 0. The Balaban J connectivity index is 0.00000196. The van der Waals surface area contributed by atoms with Crippen molar-refractivity contribution in [2.45, 2.75) is 45.1 Å². The number of carbonyl (C=O) groups is 2. The van der Waals surface area contributed by atoms with Gasteiger partial charge in [-0.3, -0.25) is 9.59 Å². The van der Waals surface area contributed by atoms with Gasteiger partial charge in [-0.15, -0.1) is 12.4 Å². The molecular weight excluding hydrogens is 350 g/mol. The molecule has 142 valence electrons. The maximum Gasteiger partial charge on any atom is 0.227 e. The monoisotopic (exact) mass is 377 g/mol. The number of anilines is 1. The van der Waals surface area contributed by atoms with Crippen molar-refractivity contribution in [3.63, 3.8) is 0 Å². The first-order chi connectivity index (χ1) is 12.1. The highest BCUT2D eigenvalue weighted by atomic mass is 35.5. The van der Waals surface area contributed by atoms with Gasteiger partial charge >= 0.3 is 0 Å². The molecule has 2 atom stereocenters. The van der Waals surface area contributed by atoms with E-state index >= 15 is 0 Å². The van der Waals surface area contributed by atoms with Gasteiger partial charge < -0.3 is 16.0 Å². The lowest BCUT2D eigenvalue weighted by atomic mass is 9.91. The predicted molar refractivity (Wildman–Crippen MR) is 104 cm³/mol. The highest BCUT2D eigenvalue weighted by molar-refractivity contribution is 5.94. The summed E-state index contributed by atoms with van der Waals surface area (Å²) in [4.78, 5) is 24.4. The van der Waals surface area contributed by atoms with Gasteiger partial charge in [0.2, 0.25) is 11.8 Å². The van der Waals surface area contributed by atoms with Gasteiger partial charge in [0.15, 0.2) is 0 Å². The number of rotatable bonds is 5. The zero-order chi connectivity index (χ0) is 17.4. The van der Waals surface area contributed by atoms with Gasteiger partial charge in [-0.2, -0.15) is 0 Å². The van der Waals surface area contributed by atoms with Crippen molar-refractivity contribution >= 4 is 29.9 Å². The van der Waals surface area contributed by atoms with E-state index in [1.54, 1.807) is 0 Å². The summed E-state index contributed by atoms with van der Waals surface area (Å²) < 4.78 is 0. The lowest BCUT2D eigenvalue weighted by Crippen LogP contribution is -2.34. The Bertz CT molecular complexity index is 666. The quantitative estimate of drug-likeness (QED) is 0.738. The molecule has 3 fully saturated rings. The molecular formula is C20H28ClN3O2. The van der Waals surface area contributed by atoms with Gasteiger partial charge in [-0.05, 0) is 75.2 Å². The summed E-state index contributed by atoms with van der Waals surface area (Å²) in [6.07, 6.45) is 5.29. The van der Waals surface area contributed by atoms with E-state index in [2.05, 4.69) is 16.0 Å². The Hall–Kier alpha value is -1.59. The fourth-order valence-corrected chi connectivity index (χ4v) is 4.04. The normalized spacial score (nSPS) is 24.3. The molecule has 1 aromatic carbocycles. The van der Waals surface area contributed by atoms with Gasteiger partial charge in [0, 0.05) is 17.5 Å². The average molecular weight is 378 g/mol. The maximum atomic E-state index is 12.6. The van der Waals surface area contributed by atoms with Crippen molar-refractivity contribution in [2.24, 2.45) is 17.3 Å². The van der Waals surface area contributed by atoms with E-state index in [1.807, 2.05) is 31.2 Å². The van der Waals surface area contributed by atoms with E-state index in [0.717, 1.165) is 56.4 Å². The SMILES string of the molecule is CC(NC(=O)C1CC12CCNCC2)c1ccc(NC(=O)C2CC2)cc1.Cl. The van der Waals surface area contributed by atoms with Gasteiger partial charge in [0.05, 0.1) is 6.04 Å². The Kier molecular flexibility index (Phi) is 5.58. The molecule has 2 aliphatic carbocycles. The van der Waals surface area contributed by atoms with Crippen molar-refractivity contribution in [3.8, 4) is 0 Å². The maximum absolute atomic E-state index is 12.6. The van der Waals surface area contributed by atoms with Gasteiger partial charge in [0.25, 0.3) is 0 Å². The summed E-state index contributed by atoms with van der Waals surface area (Å²) in [5.41, 5.74) is 2.17. The zero-order valence-electron chi connectivity index (χ0n) is 15.2. The first kappa shape index (κ1) is 19.2. The van der Waals surface area contributed by atoms with Gasteiger partial charge in [-0.25, -0.2) is 0 Å². The van der Waals surface area contributed by atoms with Crippen LogP contribution in [0.3, 0.4) is 0 Å². The van der Waals surface area contributed by atoms with Gasteiger partial charge in [0.1, 0.15) is 0 Å². The molecule has 1 spiro atoms. The summed E-state index contributed by atoms with van der Waals surface area (Å²) in [7, 11) is 0. The van der Waals surface area contributed by atoms with Crippen LogP contribution in [0.15, 0.2) is 24.3 Å². The van der Waals surface area contributed by atoms with Crippen LogP contribution in [0.2, 0.25) is 0 Å². The number of hydrogen-bond acceptors (Lipinski definition) is 3. The third-order valence-electron chi connectivity index (χ3n) is 6.09. The van der Waals surface area contributed by atoms with Crippen LogP contribution in [0.1, 0.15) is 50.6 Å². The van der Waals surface area contributed by atoms with Crippen LogP contribution >= 0.6 is 12.4 Å². The smallest absolute Gasteiger partial charge is 0.227 e. The van der Waals surface area contributed by atoms with Crippen LogP contribution in [0.5, 0.6) is 0 Å². The van der Waals surface area contributed by atoms with E-state index in [9.17, 15) is 9.59 Å². The Labute approximate surface area is 161 Å². The van der Waals surface area contributed by atoms with E-state index in [-0.39, 0.29) is 47.5 Å². The van der Waals surface area contributed by atoms with Crippen molar-refractivity contribution < 1.29 is 9.59 Å². The average Bonchev–Trinajstić information content (AvgIpc) is 3.52. The molecule has 1 heterocycles. The molecule has 2 amide bonds. The lowest BCUT2D eigenvalue weighted by molar-refractivity contribution is -0.124. The van der Waals surface area contributed by atoms with Crippen LogP contribution in [0, 0.1) is 17.3 Å². The van der Waals surface area contributed by atoms with Crippen LogP contribution in [0.25, 0.3) is 0 Å². The van der Waals surface area contributed by atoms with Crippen LogP contribution in [0.4, 0.5) is 5.69 Å². The minimum atomic E-state index is -0.0138. The summed E-state index contributed by atoms with van der Waals surface area (Å²) in [5, 5.41) is 9.49. The second-order valence-corrected chi connectivity index (χ2v) is 7.98. The molecule has 0 bridgehead atoms. The van der Waals surface area contributed by atoms with Crippen molar-refractivity contribution in [3.05, 3.63) is 29.8 Å². The first-order valence-electron chi connectivity index (χ1n) is 9.49. The highest BCUT2D eigenvalue weighted by Gasteiger charge is 2.57. The molecule has 3 aliphatic rings. The largest absolute Gasteiger partial charge is 0.349 e. The molecule has 2 unspecified atom stereocenters. The highest BCUT2D eigenvalue weighted by Crippen LogP contribution is 2.58. The Morgan fingerprint density at radius 2 is 1.77 bits per heavy atom. The number of hydrogen-bond donors (Lipinski definition) is 3. The number of halogens is 1. The second kappa shape index (κ2) is 7.57. The number of carbonyl (C=O) groups excluding carboxylic acids is 2. The summed E-state index contributed by atoms with van der Waals surface area (Å²) in [6, 6.07) is 7.80. The van der Waals surface area contributed by atoms with E-state index in [1.165, 1.54) is 0 Å². The fourth-order valence-electron chi connectivity index (χ4n) is 4.04. The minimum absolute atomic E-state index is 0. The standard InChI is InChI=1S/C20H27N3O2.ClH/c1-13(22-19(25)17-12-20(17)8-10-21-11-9-20)14-4-6-16(7-5-14)23-18(24)15-2-3-15;/h4-7,13,15,17,21H,2-3,8-12H2,1H3,(H,22,25)(H,23,24);1H. The second-order valence-electron chi connectivity index (χ2n) is 7.98. The number of piperidine rings is 1. The molecule has 1 aliphatic heterocycles. The fraction of sp³-hybridized carbons (Fsp3) is 0.600. The molecule has 1 aromatic rings. The van der Waals surface area contributed by atoms with Crippen LogP contribution in [-0.4, -0.2) is 24.9 Å². The number of amides is 2. The number of nitrogens with one attached hydrogen (secondary N) is 3. The third kappa shape index (κ3) is 4.04. The summed E-state index contributed by atoms with van der Waals surface area (Å²) in [6.45, 7) is 4.09. The van der Waals surface area contributed by atoms with Crippen molar-refractivity contribution in [1.82, 2.24) is 10.6 Å².